The lowest BCUT2D eigenvalue weighted by Crippen LogP contribution is -2.30. The van der Waals surface area contributed by atoms with Crippen LogP contribution in [-0.4, -0.2) is 45.7 Å². The van der Waals surface area contributed by atoms with E-state index in [2.05, 4.69) is 10.1 Å². The van der Waals surface area contributed by atoms with Crippen LogP contribution in [0, 0.1) is 0 Å². The Bertz CT molecular complexity index is 888. The molecule has 2 aromatic rings. The maximum atomic E-state index is 12.5. The number of amides is 1. The normalized spacial score (nSPS) is 10.5. The molecule has 0 aliphatic rings. The van der Waals surface area contributed by atoms with Gasteiger partial charge in [0.05, 0.1) is 14.2 Å². The molecule has 0 bridgehead atoms. The van der Waals surface area contributed by atoms with Crippen LogP contribution in [0.2, 0.25) is 0 Å². The first kappa shape index (κ1) is 22.9. The highest BCUT2D eigenvalue weighted by atomic mass is 19.3. The summed E-state index contributed by atoms with van der Waals surface area (Å²) in [6.45, 7) is -1.51. The lowest BCUT2D eigenvalue weighted by Gasteiger charge is -2.13. The molecule has 0 aromatic heterocycles. The van der Waals surface area contributed by atoms with Gasteiger partial charge in [0, 0.05) is 12.1 Å². The van der Waals surface area contributed by atoms with E-state index in [1.807, 2.05) is 0 Å². The number of methoxy groups -OCH3 is 2. The maximum absolute atomic E-state index is 12.5. The summed E-state index contributed by atoms with van der Waals surface area (Å²) in [5.74, 6) is 0.326. The molecule has 0 fully saturated rings. The Hall–Kier alpha value is -3.36. The third-order valence-electron chi connectivity index (χ3n) is 4.11. The minimum Gasteiger partial charge on any atom is -0.493 e. The van der Waals surface area contributed by atoms with Crippen LogP contribution < -0.4 is 24.3 Å². The number of benzene rings is 2. The molecule has 0 saturated heterocycles. The highest BCUT2D eigenvalue weighted by molar-refractivity contribution is 5.94. The predicted molar refractivity (Wildman–Crippen MR) is 105 cm³/mol. The van der Waals surface area contributed by atoms with Gasteiger partial charge < -0.3 is 24.3 Å². The second kappa shape index (κ2) is 11.0. The van der Waals surface area contributed by atoms with Crippen molar-refractivity contribution in [1.82, 2.24) is 5.32 Å². The molecule has 0 radical (unpaired) electrons. The Labute approximate surface area is 172 Å². The van der Waals surface area contributed by atoms with Crippen LogP contribution >= 0.6 is 0 Å². The Kier molecular flexibility index (Phi) is 8.40. The van der Waals surface area contributed by atoms with E-state index in [1.54, 1.807) is 18.2 Å². The fourth-order valence-corrected chi connectivity index (χ4v) is 2.61. The molecule has 1 N–H and O–H groups in total. The van der Waals surface area contributed by atoms with Crippen LogP contribution in [-0.2, 0) is 11.2 Å². The molecule has 0 heterocycles. The first-order valence-electron chi connectivity index (χ1n) is 9.04. The van der Waals surface area contributed by atoms with Crippen molar-refractivity contribution in [1.29, 1.82) is 0 Å². The van der Waals surface area contributed by atoms with Crippen molar-refractivity contribution in [3.8, 4) is 23.0 Å². The third kappa shape index (κ3) is 6.61. The number of alkyl halides is 2. The van der Waals surface area contributed by atoms with E-state index in [9.17, 15) is 18.4 Å². The zero-order valence-corrected chi connectivity index (χ0v) is 16.9. The topological polar surface area (TPSA) is 83.1 Å². The van der Waals surface area contributed by atoms with E-state index in [0.717, 1.165) is 0 Å². The van der Waals surface area contributed by atoms with Crippen molar-refractivity contribution in [2.75, 3.05) is 27.4 Å². The van der Waals surface area contributed by atoms with E-state index in [1.165, 1.54) is 39.3 Å². The molecule has 2 rings (SSSR count). The fraction of sp³-hybridized carbons (Fsp3) is 0.333. The number of halogens is 2. The van der Waals surface area contributed by atoms with Gasteiger partial charge in [-0.3, -0.25) is 9.59 Å². The second-order valence-corrected chi connectivity index (χ2v) is 6.17. The number of rotatable bonds is 11. The predicted octanol–water partition coefficient (Wildman–Crippen LogP) is 3.25. The smallest absolute Gasteiger partial charge is 0.387 e. The molecule has 7 nitrogen and oxygen atoms in total. The third-order valence-corrected chi connectivity index (χ3v) is 4.11. The molecule has 0 atom stereocenters. The van der Waals surface area contributed by atoms with Crippen molar-refractivity contribution in [3.63, 3.8) is 0 Å². The van der Waals surface area contributed by atoms with Gasteiger partial charge in [-0.05, 0) is 49.2 Å². The average Bonchev–Trinajstić information content (AvgIpc) is 2.71. The summed E-state index contributed by atoms with van der Waals surface area (Å²) in [6.07, 6.45) is 0.395. The number of carbonyl (C=O) groups excluding carboxylic acids is 2. The van der Waals surface area contributed by atoms with Gasteiger partial charge >= 0.3 is 6.61 Å². The molecule has 1 amide bonds. The second-order valence-electron chi connectivity index (χ2n) is 6.17. The van der Waals surface area contributed by atoms with Crippen LogP contribution in [0.15, 0.2) is 36.4 Å². The van der Waals surface area contributed by atoms with Crippen LogP contribution in [0.1, 0.15) is 22.8 Å². The van der Waals surface area contributed by atoms with Crippen LogP contribution in [0.4, 0.5) is 8.78 Å². The molecule has 0 spiro atoms. The van der Waals surface area contributed by atoms with Crippen molar-refractivity contribution < 1.29 is 37.3 Å². The van der Waals surface area contributed by atoms with Gasteiger partial charge in [-0.15, -0.1) is 0 Å². The zero-order valence-electron chi connectivity index (χ0n) is 16.9. The van der Waals surface area contributed by atoms with Gasteiger partial charge in [-0.1, -0.05) is 6.07 Å². The number of carbonyl (C=O) groups is 2. The number of ketones is 1. The van der Waals surface area contributed by atoms with E-state index in [0.29, 0.717) is 29.0 Å². The van der Waals surface area contributed by atoms with Crippen molar-refractivity contribution >= 4 is 11.7 Å². The van der Waals surface area contributed by atoms with Crippen LogP contribution in [0.25, 0.3) is 0 Å². The Morgan fingerprint density at radius 1 is 0.967 bits per heavy atom. The Morgan fingerprint density at radius 2 is 1.67 bits per heavy atom. The van der Waals surface area contributed by atoms with Gasteiger partial charge in [-0.25, -0.2) is 0 Å². The largest absolute Gasteiger partial charge is 0.493 e. The minimum absolute atomic E-state index is 0.0687. The molecule has 9 heteroatoms. The first-order chi connectivity index (χ1) is 14.3. The molecule has 2 aromatic carbocycles. The standard InChI is InChI=1S/C21H23F2NO6/c1-13(25)15-5-7-17(18(11-15)28-3)29-12-20(26)24-9-8-14-4-6-16(27-2)19(10-14)30-21(22)23/h4-7,10-11,21H,8-9,12H2,1-3H3,(H,24,26). The first-order valence-corrected chi connectivity index (χ1v) is 9.04. The summed E-state index contributed by atoms with van der Waals surface area (Å²) in [5, 5.41) is 2.68. The SMILES string of the molecule is COc1cc(C(C)=O)ccc1OCC(=O)NCCc1ccc(OC)c(OC(F)F)c1. The summed E-state index contributed by atoms with van der Waals surface area (Å²) < 4.78 is 45.0. The molecular weight excluding hydrogens is 400 g/mol. The van der Waals surface area contributed by atoms with Gasteiger partial charge in [0.2, 0.25) is 0 Å². The highest BCUT2D eigenvalue weighted by Crippen LogP contribution is 2.30. The summed E-state index contributed by atoms with van der Waals surface area (Å²) in [5.41, 5.74) is 1.16. The van der Waals surface area contributed by atoms with Gasteiger partial charge in [0.25, 0.3) is 5.91 Å². The molecule has 0 unspecified atom stereocenters. The van der Waals surface area contributed by atoms with E-state index >= 15 is 0 Å². The van der Waals surface area contributed by atoms with Gasteiger partial charge in [0.15, 0.2) is 35.4 Å². The monoisotopic (exact) mass is 423 g/mol. The van der Waals surface area contributed by atoms with Crippen molar-refractivity contribution in [2.45, 2.75) is 20.0 Å². The van der Waals surface area contributed by atoms with Crippen molar-refractivity contribution in [2.24, 2.45) is 0 Å². The quantitative estimate of drug-likeness (QED) is 0.559. The zero-order chi connectivity index (χ0) is 22.1. The van der Waals surface area contributed by atoms with Crippen molar-refractivity contribution in [3.05, 3.63) is 47.5 Å². The number of hydrogen-bond donors (Lipinski definition) is 1. The molecule has 162 valence electrons. The molecular formula is C21H23F2NO6. The van der Waals surface area contributed by atoms with Crippen LogP contribution in [0.3, 0.4) is 0 Å². The molecule has 0 saturated carbocycles. The van der Waals surface area contributed by atoms with E-state index in [-0.39, 0.29) is 36.3 Å². The Balaban J connectivity index is 1.86. The van der Waals surface area contributed by atoms with Gasteiger partial charge in [0.1, 0.15) is 0 Å². The highest BCUT2D eigenvalue weighted by Gasteiger charge is 2.12. The maximum Gasteiger partial charge on any atom is 0.387 e. The number of nitrogens with one attached hydrogen (secondary N) is 1. The fourth-order valence-electron chi connectivity index (χ4n) is 2.61. The minimum atomic E-state index is -2.97. The lowest BCUT2D eigenvalue weighted by atomic mass is 10.1. The summed E-state index contributed by atoms with van der Waals surface area (Å²) in [6, 6.07) is 9.34. The van der Waals surface area contributed by atoms with E-state index < -0.39 is 6.61 Å². The Morgan fingerprint density at radius 3 is 2.30 bits per heavy atom. The lowest BCUT2D eigenvalue weighted by molar-refractivity contribution is -0.123. The summed E-state index contributed by atoms with van der Waals surface area (Å²) >= 11 is 0. The molecule has 0 aliphatic heterocycles. The molecule has 0 aliphatic carbocycles. The number of Topliss-reactive ketones (excluding diaryl/α,β-unsaturated/α-hetero) is 1. The summed E-state index contributed by atoms with van der Waals surface area (Å²) in [4.78, 5) is 23.4. The number of ether oxygens (including phenoxy) is 4. The average molecular weight is 423 g/mol. The molecule has 30 heavy (non-hydrogen) atoms. The summed E-state index contributed by atoms with van der Waals surface area (Å²) in [7, 11) is 2.79. The van der Waals surface area contributed by atoms with Gasteiger partial charge in [-0.2, -0.15) is 8.78 Å². The van der Waals surface area contributed by atoms with Crippen LogP contribution in [0.5, 0.6) is 23.0 Å². The number of hydrogen-bond acceptors (Lipinski definition) is 6. The van der Waals surface area contributed by atoms with E-state index in [4.69, 9.17) is 14.2 Å².